The molecule has 2 saturated heterocycles. The molecular formula is C18H24N4O3. The molecule has 0 unspecified atom stereocenters. The van der Waals surface area contributed by atoms with Crippen LogP contribution in [0.15, 0.2) is 24.3 Å². The molecule has 7 nitrogen and oxygen atoms in total. The molecule has 0 aromatic heterocycles. The highest BCUT2D eigenvalue weighted by Crippen LogP contribution is 2.26. The van der Waals surface area contributed by atoms with Gasteiger partial charge >= 0.3 is 6.03 Å². The number of hydrogen-bond donors (Lipinski definition) is 3. The lowest BCUT2D eigenvalue weighted by Crippen LogP contribution is -2.42. The Morgan fingerprint density at radius 2 is 2.04 bits per heavy atom. The van der Waals surface area contributed by atoms with Crippen molar-refractivity contribution in [2.45, 2.75) is 26.3 Å². The monoisotopic (exact) mass is 344 g/mol. The minimum absolute atomic E-state index is 0.0342. The van der Waals surface area contributed by atoms with E-state index in [1.807, 2.05) is 6.07 Å². The van der Waals surface area contributed by atoms with Gasteiger partial charge in [0.25, 0.3) is 5.91 Å². The number of nitrogens with one attached hydrogen (secondary N) is 3. The van der Waals surface area contributed by atoms with Gasteiger partial charge in [0.15, 0.2) is 0 Å². The number of rotatable bonds is 5. The summed E-state index contributed by atoms with van der Waals surface area (Å²) in [7, 11) is 0. The topological polar surface area (TPSA) is 90.5 Å². The Bertz CT molecular complexity index is 667. The summed E-state index contributed by atoms with van der Waals surface area (Å²) in [5, 5.41) is 8.84. The van der Waals surface area contributed by atoms with Gasteiger partial charge in [-0.1, -0.05) is 19.1 Å². The van der Waals surface area contributed by atoms with E-state index in [1.165, 1.54) is 0 Å². The summed E-state index contributed by atoms with van der Waals surface area (Å²) in [4.78, 5) is 36.9. The zero-order valence-electron chi connectivity index (χ0n) is 14.4. The predicted molar refractivity (Wildman–Crippen MR) is 92.9 cm³/mol. The first kappa shape index (κ1) is 17.4. The number of benzene rings is 1. The van der Waals surface area contributed by atoms with Crippen LogP contribution in [0.4, 0.5) is 4.79 Å². The maximum Gasteiger partial charge on any atom is 0.324 e. The summed E-state index contributed by atoms with van der Waals surface area (Å²) in [6.45, 7) is 5.01. The average molecular weight is 344 g/mol. The van der Waals surface area contributed by atoms with Crippen molar-refractivity contribution in [2.75, 3.05) is 26.2 Å². The van der Waals surface area contributed by atoms with E-state index in [9.17, 15) is 14.4 Å². The summed E-state index contributed by atoms with van der Waals surface area (Å²) in [6.07, 6.45) is 2.08. The molecule has 1 aromatic carbocycles. The molecule has 0 spiro atoms. The van der Waals surface area contributed by atoms with Crippen LogP contribution in [0.3, 0.4) is 0 Å². The van der Waals surface area contributed by atoms with E-state index in [2.05, 4.69) is 22.9 Å². The van der Waals surface area contributed by atoms with Crippen LogP contribution in [0, 0.1) is 5.41 Å². The molecular weight excluding hydrogens is 320 g/mol. The third-order valence-electron chi connectivity index (χ3n) is 4.95. The van der Waals surface area contributed by atoms with Crippen molar-refractivity contribution < 1.29 is 14.4 Å². The second-order valence-electron chi connectivity index (χ2n) is 7.08. The number of urea groups is 1. The van der Waals surface area contributed by atoms with Gasteiger partial charge in [-0.15, -0.1) is 0 Å². The van der Waals surface area contributed by atoms with Crippen molar-refractivity contribution >= 4 is 17.8 Å². The minimum atomic E-state index is -0.390. The first-order chi connectivity index (χ1) is 12.0. The summed E-state index contributed by atoms with van der Waals surface area (Å²) in [5.41, 5.74) is 1.42. The lowest BCUT2D eigenvalue weighted by Gasteiger charge is -2.34. The molecule has 2 aliphatic heterocycles. The molecule has 25 heavy (non-hydrogen) atoms. The summed E-state index contributed by atoms with van der Waals surface area (Å²) >= 11 is 0. The maximum atomic E-state index is 12.5. The van der Waals surface area contributed by atoms with Crippen molar-refractivity contribution in [3.8, 4) is 0 Å². The third-order valence-corrected chi connectivity index (χ3v) is 4.95. The van der Waals surface area contributed by atoms with Crippen LogP contribution in [0.2, 0.25) is 0 Å². The van der Waals surface area contributed by atoms with Gasteiger partial charge in [-0.3, -0.25) is 14.5 Å². The summed E-state index contributed by atoms with van der Waals surface area (Å²) in [5.74, 6) is -0.377. The fourth-order valence-corrected chi connectivity index (χ4v) is 3.21. The fraction of sp³-hybridized carbons (Fsp3) is 0.500. The first-order valence-electron chi connectivity index (χ1n) is 8.63. The van der Waals surface area contributed by atoms with Crippen LogP contribution in [-0.2, 0) is 11.3 Å². The van der Waals surface area contributed by atoms with E-state index in [0.29, 0.717) is 12.1 Å². The zero-order chi connectivity index (χ0) is 17.9. The van der Waals surface area contributed by atoms with E-state index in [1.54, 1.807) is 18.2 Å². The number of nitrogens with zero attached hydrogens (tertiary/aromatic N) is 1. The van der Waals surface area contributed by atoms with Gasteiger partial charge in [0.1, 0.15) is 0 Å². The lowest BCUT2D eigenvalue weighted by molar-refractivity contribution is -0.125. The second kappa shape index (κ2) is 7.23. The first-order valence-corrected chi connectivity index (χ1v) is 8.63. The Labute approximate surface area is 147 Å². The quantitative estimate of drug-likeness (QED) is 0.691. The highest BCUT2D eigenvalue weighted by molar-refractivity contribution is 6.02. The van der Waals surface area contributed by atoms with Crippen molar-refractivity contribution in [3.63, 3.8) is 0 Å². The van der Waals surface area contributed by atoms with E-state index in [0.717, 1.165) is 36.4 Å². The van der Waals surface area contributed by atoms with Crippen LogP contribution >= 0.6 is 0 Å². The molecule has 4 amide bonds. The van der Waals surface area contributed by atoms with Crippen LogP contribution in [-0.4, -0.2) is 48.9 Å². The van der Waals surface area contributed by atoms with E-state index >= 15 is 0 Å². The standard InChI is InChI=1S/C18H24N4O3/c1-18(5-7-19-8-6-18)12-21-16(24)14-4-2-3-13(9-14)11-22-15(23)10-20-17(22)25/h2-4,9,19H,5-8,10-12H2,1H3,(H,20,25)(H,21,24). The van der Waals surface area contributed by atoms with Gasteiger partial charge in [-0.05, 0) is 49.0 Å². The molecule has 2 aliphatic rings. The van der Waals surface area contributed by atoms with Crippen LogP contribution in [0.1, 0.15) is 35.7 Å². The Kier molecular flexibility index (Phi) is 5.03. The molecule has 0 saturated carbocycles. The van der Waals surface area contributed by atoms with Crippen molar-refractivity contribution in [1.29, 1.82) is 0 Å². The molecule has 134 valence electrons. The van der Waals surface area contributed by atoms with Gasteiger partial charge < -0.3 is 16.0 Å². The van der Waals surface area contributed by atoms with Gasteiger partial charge in [0.05, 0.1) is 13.1 Å². The number of hydrogen-bond acceptors (Lipinski definition) is 4. The van der Waals surface area contributed by atoms with Gasteiger partial charge in [0.2, 0.25) is 5.91 Å². The van der Waals surface area contributed by atoms with Crippen LogP contribution in [0.25, 0.3) is 0 Å². The largest absolute Gasteiger partial charge is 0.351 e. The number of imide groups is 1. The summed E-state index contributed by atoms with van der Waals surface area (Å²) in [6, 6.07) is 6.67. The molecule has 3 N–H and O–H groups in total. The summed E-state index contributed by atoms with van der Waals surface area (Å²) < 4.78 is 0. The van der Waals surface area contributed by atoms with Crippen molar-refractivity contribution in [2.24, 2.45) is 5.41 Å². The van der Waals surface area contributed by atoms with Crippen molar-refractivity contribution in [3.05, 3.63) is 35.4 Å². The van der Waals surface area contributed by atoms with E-state index < -0.39 is 6.03 Å². The smallest absolute Gasteiger partial charge is 0.324 e. The van der Waals surface area contributed by atoms with Crippen LogP contribution < -0.4 is 16.0 Å². The highest BCUT2D eigenvalue weighted by Gasteiger charge is 2.29. The Balaban J connectivity index is 1.61. The van der Waals surface area contributed by atoms with E-state index in [4.69, 9.17) is 0 Å². The Morgan fingerprint density at radius 3 is 2.72 bits per heavy atom. The predicted octanol–water partition coefficient (Wildman–Crippen LogP) is 0.858. The fourth-order valence-electron chi connectivity index (χ4n) is 3.21. The average Bonchev–Trinajstić information content (AvgIpc) is 2.93. The lowest BCUT2D eigenvalue weighted by atomic mass is 9.81. The normalized spacial score (nSPS) is 19.6. The maximum absolute atomic E-state index is 12.5. The number of amides is 4. The van der Waals surface area contributed by atoms with Crippen LogP contribution in [0.5, 0.6) is 0 Å². The second-order valence-corrected chi connectivity index (χ2v) is 7.08. The number of carbonyl (C=O) groups is 3. The van der Waals surface area contributed by atoms with E-state index in [-0.39, 0.29) is 30.3 Å². The molecule has 3 rings (SSSR count). The Hall–Kier alpha value is -2.41. The molecule has 7 heteroatoms. The van der Waals surface area contributed by atoms with Gasteiger partial charge in [-0.25, -0.2) is 4.79 Å². The SMILES string of the molecule is CC1(CNC(=O)c2cccc(CN3C(=O)CNC3=O)c2)CCNCC1. The zero-order valence-corrected chi connectivity index (χ0v) is 14.4. The third kappa shape index (κ3) is 4.17. The Morgan fingerprint density at radius 1 is 1.28 bits per heavy atom. The minimum Gasteiger partial charge on any atom is -0.351 e. The van der Waals surface area contributed by atoms with Gasteiger partial charge in [-0.2, -0.15) is 0 Å². The molecule has 1 aromatic rings. The molecule has 0 bridgehead atoms. The molecule has 0 aliphatic carbocycles. The highest BCUT2D eigenvalue weighted by atomic mass is 16.2. The molecule has 0 radical (unpaired) electrons. The molecule has 0 atom stereocenters. The van der Waals surface area contributed by atoms with Crippen molar-refractivity contribution in [1.82, 2.24) is 20.9 Å². The number of piperidine rings is 1. The molecule has 2 fully saturated rings. The van der Waals surface area contributed by atoms with Gasteiger partial charge in [0, 0.05) is 12.1 Å². The molecule has 2 heterocycles. The number of carbonyl (C=O) groups excluding carboxylic acids is 3.